The van der Waals surface area contributed by atoms with Gasteiger partial charge < -0.3 is 10.8 Å². The molecule has 1 aromatic rings. The lowest BCUT2D eigenvalue weighted by atomic mass is 10.1. The monoisotopic (exact) mass is 225 g/mol. The number of hydrogen-bond acceptors (Lipinski definition) is 2. The SMILES string of the molecule is NC(=O)C=C(C(=O)O)c1ccccc1Cl. The Bertz CT molecular complexity index is 440. The number of nitrogens with two attached hydrogens (primary N) is 1. The van der Waals surface area contributed by atoms with E-state index in [1.807, 2.05) is 0 Å². The topological polar surface area (TPSA) is 80.4 Å². The molecule has 0 radical (unpaired) electrons. The summed E-state index contributed by atoms with van der Waals surface area (Å²) in [4.78, 5) is 21.5. The van der Waals surface area contributed by atoms with Gasteiger partial charge in [0, 0.05) is 16.7 Å². The fraction of sp³-hybridized carbons (Fsp3) is 0. The van der Waals surface area contributed by atoms with Gasteiger partial charge >= 0.3 is 5.97 Å². The minimum absolute atomic E-state index is 0.215. The number of benzene rings is 1. The average Bonchev–Trinajstić information content (AvgIpc) is 2.15. The molecule has 0 aliphatic heterocycles. The third-order valence-corrected chi connectivity index (χ3v) is 2.01. The summed E-state index contributed by atoms with van der Waals surface area (Å²) in [6.07, 6.45) is 0.837. The maximum Gasteiger partial charge on any atom is 0.336 e. The third-order valence-electron chi connectivity index (χ3n) is 1.68. The van der Waals surface area contributed by atoms with Crippen LogP contribution in [0, 0.1) is 0 Å². The van der Waals surface area contributed by atoms with Crippen LogP contribution in [0.5, 0.6) is 0 Å². The van der Waals surface area contributed by atoms with Gasteiger partial charge in [0.1, 0.15) is 0 Å². The number of aliphatic carboxylic acids is 1. The molecule has 1 rings (SSSR count). The first-order valence-electron chi connectivity index (χ1n) is 4.01. The summed E-state index contributed by atoms with van der Waals surface area (Å²) >= 11 is 5.79. The number of carboxylic acids is 1. The molecule has 0 aliphatic carbocycles. The number of hydrogen-bond donors (Lipinski definition) is 2. The van der Waals surface area contributed by atoms with Crippen molar-refractivity contribution in [2.75, 3.05) is 0 Å². The van der Waals surface area contributed by atoms with Gasteiger partial charge in [-0.15, -0.1) is 0 Å². The minimum Gasteiger partial charge on any atom is -0.478 e. The normalized spacial score (nSPS) is 11.1. The van der Waals surface area contributed by atoms with Crippen molar-refractivity contribution < 1.29 is 14.7 Å². The lowest BCUT2D eigenvalue weighted by molar-refractivity contribution is -0.130. The largest absolute Gasteiger partial charge is 0.478 e. The molecule has 3 N–H and O–H groups in total. The molecule has 15 heavy (non-hydrogen) atoms. The number of carbonyl (C=O) groups is 2. The van der Waals surface area contributed by atoms with Gasteiger partial charge in [0.05, 0.1) is 5.57 Å². The van der Waals surface area contributed by atoms with Crippen molar-refractivity contribution in [3.8, 4) is 0 Å². The van der Waals surface area contributed by atoms with Crippen LogP contribution in [0.4, 0.5) is 0 Å². The molecule has 0 unspecified atom stereocenters. The van der Waals surface area contributed by atoms with Crippen molar-refractivity contribution in [1.29, 1.82) is 0 Å². The van der Waals surface area contributed by atoms with Crippen molar-refractivity contribution in [3.05, 3.63) is 40.9 Å². The van der Waals surface area contributed by atoms with E-state index < -0.39 is 11.9 Å². The van der Waals surface area contributed by atoms with Crippen molar-refractivity contribution in [2.24, 2.45) is 5.73 Å². The van der Waals surface area contributed by atoms with E-state index in [1.165, 1.54) is 12.1 Å². The lowest BCUT2D eigenvalue weighted by Crippen LogP contribution is -2.10. The Labute approximate surface area is 91.0 Å². The standard InChI is InChI=1S/C10H8ClNO3/c11-8-4-2-1-3-6(8)7(10(14)15)5-9(12)13/h1-5H,(H2,12,13)(H,14,15). The number of amides is 1. The predicted molar refractivity (Wildman–Crippen MR) is 56.3 cm³/mol. The molecule has 0 aliphatic rings. The molecule has 1 aromatic carbocycles. The van der Waals surface area contributed by atoms with Gasteiger partial charge in [0.2, 0.25) is 5.91 Å². The Morgan fingerprint density at radius 3 is 2.40 bits per heavy atom. The summed E-state index contributed by atoms with van der Waals surface area (Å²) in [6, 6.07) is 6.33. The molecule has 0 bridgehead atoms. The van der Waals surface area contributed by atoms with Crippen LogP contribution in [0.1, 0.15) is 5.56 Å². The van der Waals surface area contributed by atoms with E-state index in [4.69, 9.17) is 22.4 Å². The highest BCUT2D eigenvalue weighted by molar-refractivity contribution is 6.35. The second-order valence-electron chi connectivity index (χ2n) is 2.75. The van der Waals surface area contributed by atoms with Crippen molar-refractivity contribution in [3.63, 3.8) is 0 Å². The third kappa shape index (κ3) is 2.82. The number of carboxylic acid groups (broad SMARTS) is 1. The molecular formula is C10H8ClNO3. The number of rotatable bonds is 3. The predicted octanol–water partition coefficient (Wildman–Crippen LogP) is 1.29. The van der Waals surface area contributed by atoms with Gasteiger partial charge in [-0.25, -0.2) is 4.79 Å². The van der Waals surface area contributed by atoms with Crippen molar-refractivity contribution in [2.45, 2.75) is 0 Å². The van der Waals surface area contributed by atoms with Gasteiger partial charge in [0.25, 0.3) is 0 Å². The quantitative estimate of drug-likeness (QED) is 0.761. The number of primary amides is 1. The fourth-order valence-electron chi connectivity index (χ4n) is 1.08. The van der Waals surface area contributed by atoms with Gasteiger partial charge in [-0.1, -0.05) is 29.8 Å². The zero-order valence-electron chi connectivity index (χ0n) is 7.61. The molecule has 0 heterocycles. The van der Waals surface area contributed by atoms with Gasteiger partial charge in [-0.3, -0.25) is 4.79 Å². The summed E-state index contributed by atoms with van der Waals surface area (Å²) in [7, 11) is 0. The highest BCUT2D eigenvalue weighted by Gasteiger charge is 2.14. The zero-order valence-corrected chi connectivity index (χ0v) is 8.36. The maximum absolute atomic E-state index is 10.9. The van der Waals surface area contributed by atoms with E-state index in [0.717, 1.165) is 6.08 Å². The number of carbonyl (C=O) groups excluding carboxylic acids is 1. The summed E-state index contributed by atoms with van der Waals surface area (Å²) in [5.41, 5.74) is 4.95. The number of halogens is 1. The van der Waals surface area contributed by atoms with E-state index in [2.05, 4.69) is 0 Å². The highest BCUT2D eigenvalue weighted by Crippen LogP contribution is 2.23. The lowest BCUT2D eigenvalue weighted by Gasteiger charge is -2.03. The molecule has 0 saturated heterocycles. The molecule has 4 nitrogen and oxygen atoms in total. The van der Waals surface area contributed by atoms with Crippen molar-refractivity contribution >= 4 is 29.1 Å². The molecule has 5 heteroatoms. The maximum atomic E-state index is 10.9. The van der Waals surface area contributed by atoms with E-state index in [9.17, 15) is 9.59 Å². The van der Waals surface area contributed by atoms with Crippen LogP contribution in [0.25, 0.3) is 5.57 Å². The van der Waals surface area contributed by atoms with E-state index >= 15 is 0 Å². The summed E-state index contributed by atoms with van der Waals surface area (Å²) in [5, 5.41) is 9.12. The van der Waals surface area contributed by atoms with Crippen LogP contribution in [0.3, 0.4) is 0 Å². The van der Waals surface area contributed by atoms with Crippen LogP contribution in [-0.4, -0.2) is 17.0 Å². The first-order valence-corrected chi connectivity index (χ1v) is 4.39. The molecule has 0 atom stereocenters. The molecule has 0 aromatic heterocycles. The van der Waals surface area contributed by atoms with Gasteiger partial charge in [-0.05, 0) is 6.07 Å². The first kappa shape index (κ1) is 11.3. The smallest absolute Gasteiger partial charge is 0.336 e. The fourth-order valence-corrected chi connectivity index (χ4v) is 1.31. The van der Waals surface area contributed by atoms with Crippen LogP contribution in [-0.2, 0) is 9.59 Å². The molecule has 1 amide bonds. The second-order valence-corrected chi connectivity index (χ2v) is 3.15. The Morgan fingerprint density at radius 2 is 1.93 bits per heavy atom. The Hall–Kier alpha value is -1.81. The Morgan fingerprint density at radius 1 is 1.33 bits per heavy atom. The molecular weight excluding hydrogens is 218 g/mol. The summed E-state index contributed by atoms with van der Waals surface area (Å²) < 4.78 is 0. The Balaban J connectivity index is 3.29. The van der Waals surface area contributed by atoms with Crippen LogP contribution in [0.15, 0.2) is 30.3 Å². The van der Waals surface area contributed by atoms with E-state index in [-0.39, 0.29) is 16.2 Å². The van der Waals surface area contributed by atoms with Crippen LogP contribution in [0.2, 0.25) is 5.02 Å². The zero-order chi connectivity index (χ0) is 11.4. The Kier molecular flexibility index (Phi) is 3.46. The average molecular weight is 226 g/mol. The first-order chi connectivity index (χ1) is 7.02. The molecule has 78 valence electrons. The molecule has 0 fully saturated rings. The summed E-state index contributed by atoms with van der Waals surface area (Å²) in [6.45, 7) is 0. The van der Waals surface area contributed by atoms with Gasteiger partial charge in [-0.2, -0.15) is 0 Å². The molecule has 0 saturated carbocycles. The second kappa shape index (κ2) is 4.61. The summed E-state index contributed by atoms with van der Waals surface area (Å²) in [5.74, 6) is -2.07. The van der Waals surface area contributed by atoms with E-state index in [0.29, 0.717) is 0 Å². The highest BCUT2D eigenvalue weighted by atomic mass is 35.5. The van der Waals surface area contributed by atoms with Crippen LogP contribution >= 0.6 is 11.6 Å². The van der Waals surface area contributed by atoms with Crippen LogP contribution < -0.4 is 5.73 Å². The molecule has 0 spiro atoms. The minimum atomic E-state index is -1.25. The van der Waals surface area contributed by atoms with Gasteiger partial charge in [0.15, 0.2) is 0 Å². The van der Waals surface area contributed by atoms with E-state index in [1.54, 1.807) is 12.1 Å². The van der Waals surface area contributed by atoms with Crippen molar-refractivity contribution in [1.82, 2.24) is 0 Å².